The van der Waals surface area contributed by atoms with Crippen molar-refractivity contribution < 1.29 is 9.59 Å². The first kappa shape index (κ1) is 11.1. The summed E-state index contributed by atoms with van der Waals surface area (Å²) in [5.41, 5.74) is 1.86. The van der Waals surface area contributed by atoms with Gasteiger partial charge in [-0.15, -0.1) is 0 Å². The number of halogens is 1. The first-order valence-corrected chi connectivity index (χ1v) is 5.55. The smallest absolute Gasteiger partial charge is 0.234 e. The molecule has 84 valence electrons. The Bertz CT molecular complexity index is 456. The van der Waals surface area contributed by atoms with Crippen molar-refractivity contribution in [1.29, 1.82) is 0 Å². The number of rotatable bonds is 1. The maximum Gasteiger partial charge on any atom is 0.234 e. The summed E-state index contributed by atoms with van der Waals surface area (Å²) in [5.74, 6) is -0.675. The van der Waals surface area contributed by atoms with Crippen LogP contribution >= 0.6 is 11.6 Å². The molecule has 0 aliphatic carbocycles. The molecule has 1 N–H and O–H groups in total. The average Bonchev–Trinajstić information content (AvgIpc) is 2.22. The van der Waals surface area contributed by atoms with Gasteiger partial charge in [-0.3, -0.25) is 14.9 Å². The highest BCUT2D eigenvalue weighted by Crippen LogP contribution is 2.28. The number of benzene rings is 1. The Labute approximate surface area is 98.8 Å². The second-order valence-electron chi connectivity index (χ2n) is 4.01. The van der Waals surface area contributed by atoms with Crippen LogP contribution in [0.5, 0.6) is 0 Å². The van der Waals surface area contributed by atoms with E-state index in [1.54, 1.807) is 6.07 Å². The Balaban J connectivity index is 2.27. The van der Waals surface area contributed by atoms with Gasteiger partial charge in [-0.05, 0) is 30.5 Å². The van der Waals surface area contributed by atoms with Gasteiger partial charge in [0.25, 0.3) is 0 Å². The number of amides is 2. The second kappa shape index (κ2) is 4.26. The lowest BCUT2D eigenvalue weighted by Crippen LogP contribution is -2.39. The molecule has 1 aromatic carbocycles. The summed E-state index contributed by atoms with van der Waals surface area (Å²) in [7, 11) is 0. The molecule has 2 rings (SSSR count). The lowest BCUT2D eigenvalue weighted by atomic mass is 9.90. The molecule has 3 nitrogen and oxygen atoms in total. The van der Waals surface area contributed by atoms with Crippen molar-refractivity contribution in [2.45, 2.75) is 25.7 Å². The van der Waals surface area contributed by atoms with Crippen LogP contribution in [0.4, 0.5) is 0 Å². The van der Waals surface area contributed by atoms with Crippen LogP contribution in [0.1, 0.15) is 29.9 Å². The molecule has 0 bridgehead atoms. The number of imide groups is 1. The highest BCUT2D eigenvalue weighted by molar-refractivity contribution is 6.31. The monoisotopic (exact) mass is 237 g/mol. The first-order valence-electron chi connectivity index (χ1n) is 5.17. The third-order valence-electron chi connectivity index (χ3n) is 2.84. The fourth-order valence-corrected chi connectivity index (χ4v) is 2.03. The molecule has 1 saturated heterocycles. The maximum absolute atomic E-state index is 11.6. The number of aryl methyl sites for hydroxylation is 1. The summed E-state index contributed by atoms with van der Waals surface area (Å²) in [4.78, 5) is 22.6. The van der Waals surface area contributed by atoms with Gasteiger partial charge in [0, 0.05) is 11.4 Å². The van der Waals surface area contributed by atoms with Crippen molar-refractivity contribution in [3.05, 3.63) is 34.3 Å². The van der Waals surface area contributed by atoms with Gasteiger partial charge in [-0.2, -0.15) is 0 Å². The van der Waals surface area contributed by atoms with Crippen LogP contribution in [-0.2, 0) is 9.59 Å². The summed E-state index contributed by atoms with van der Waals surface area (Å²) < 4.78 is 0. The van der Waals surface area contributed by atoms with Crippen molar-refractivity contribution in [2.75, 3.05) is 0 Å². The highest BCUT2D eigenvalue weighted by atomic mass is 35.5. The van der Waals surface area contributed by atoms with E-state index in [0.717, 1.165) is 11.1 Å². The molecule has 1 atom stereocenters. The van der Waals surface area contributed by atoms with E-state index < -0.39 is 0 Å². The second-order valence-corrected chi connectivity index (χ2v) is 4.42. The number of hydrogen-bond donors (Lipinski definition) is 1. The van der Waals surface area contributed by atoms with Gasteiger partial charge in [0.1, 0.15) is 0 Å². The van der Waals surface area contributed by atoms with Gasteiger partial charge < -0.3 is 0 Å². The zero-order chi connectivity index (χ0) is 11.7. The van der Waals surface area contributed by atoms with Crippen LogP contribution in [0, 0.1) is 6.92 Å². The number of piperidine rings is 1. The lowest BCUT2D eigenvalue weighted by molar-refractivity contribution is -0.134. The van der Waals surface area contributed by atoms with Crippen LogP contribution < -0.4 is 5.32 Å². The molecule has 1 aromatic rings. The molecule has 4 heteroatoms. The maximum atomic E-state index is 11.6. The van der Waals surface area contributed by atoms with Crippen molar-refractivity contribution >= 4 is 23.4 Å². The summed E-state index contributed by atoms with van der Waals surface area (Å²) in [6, 6.07) is 5.58. The largest absolute Gasteiger partial charge is 0.296 e. The molecule has 1 fully saturated rings. The average molecular weight is 238 g/mol. The molecule has 1 heterocycles. The van der Waals surface area contributed by atoms with Gasteiger partial charge in [-0.1, -0.05) is 23.7 Å². The van der Waals surface area contributed by atoms with E-state index in [1.165, 1.54) is 0 Å². The SMILES string of the molecule is Cc1ccc(C2CCC(=O)NC2=O)cc1Cl. The van der Waals surface area contributed by atoms with Crippen LogP contribution in [-0.4, -0.2) is 11.8 Å². The van der Waals surface area contributed by atoms with E-state index in [4.69, 9.17) is 11.6 Å². The molecule has 2 amide bonds. The zero-order valence-electron chi connectivity index (χ0n) is 8.92. The van der Waals surface area contributed by atoms with Crippen molar-refractivity contribution in [3.8, 4) is 0 Å². The molecule has 1 aliphatic rings. The van der Waals surface area contributed by atoms with Crippen molar-refractivity contribution in [1.82, 2.24) is 5.32 Å². The lowest BCUT2D eigenvalue weighted by Gasteiger charge is -2.21. The number of carbonyl (C=O) groups is 2. The predicted octanol–water partition coefficient (Wildman–Crippen LogP) is 2.17. The van der Waals surface area contributed by atoms with Crippen LogP contribution in [0.15, 0.2) is 18.2 Å². The minimum absolute atomic E-state index is 0.195. The Hall–Kier alpha value is -1.35. The van der Waals surface area contributed by atoms with E-state index in [2.05, 4.69) is 5.32 Å². The molecule has 0 spiro atoms. The van der Waals surface area contributed by atoms with E-state index in [1.807, 2.05) is 19.1 Å². The van der Waals surface area contributed by atoms with E-state index >= 15 is 0 Å². The molecule has 0 aromatic heterocycles. The fourth-order valence-electron chi connectivity index (χ4n) is 1.84. The normalized spacial score (nSPS) is 20.8. The summed E-state index contributed by atoms with van der Waals surface area (Å²) in [6.45, 7) is 1.91. The van der Waals surface area contributed by atoms with E-state index in [0.29, 0.717) is 17.9 Å². The summed E-state index contributed by atoms with van der Waals surface area (Å²) in [6.07, 6.45) is 0.950. The van der Waals surface area contributed by atoms with Gasteiger partial charge in [0.05, 0.1) is 5.92 Å². The number of nitrogens with one attached hydrogen (secondary N) is 1. The zero-order valence-corrected chi connectivity index (χ0v) is 9.67. The first-order chi connectivity index (χ1) is 7.58. The van der Waals surface area contributed by atoms with Crippen molar-refractivity contribution in [2.24, 2.45) is 0 Å². The van der Waals surface area contributed by atoms with Gasteiger partial charge in [0.2, 0.25) is 11.8 Å². The number of hydrogen-bond acceptors (Lipinski definition) is 2. The summed E-state index contributed by atoms with van der Waals surface area (Å²) in [5, 5.41) is 3.00. The summed E-state index contributed by atoms with van der Waals surface area (Å²) >= 11 is 6.01. The van der Waals surface area contributed by atoms with E-state index in [-0.39, 0.29) is 17.7 Å². The van der Waals surface area contributed by atoms with Gasteiger partial charge in [0.15, 0.2) is 0 Å². The van der Waals surface area contributed by atoms with Gasteiger partial charge >= 0.3 is 0 Å². The van der Waals surface area contributed by atoms with Gasteiger partial charge in [-0.25, -0.2) is 0 Å². The Morgan fingerprint density at radius 3 is 2.75 bits per heavy atom. The fraction of sp³-hybridized carbons (Fsp3) is 0.333. The minimum Gasteiger partial charge on any atom is -0.296 e. The Kier molecular flexibility index (Phi) is 2.97. The third-order valence-corrected chi connectivity index (χ3v) is 3.24. The molecular formula is C12H12ClNO2. The Morgan fingerprint density at radius 1 is 1.38 bits per heavy atom. The number of carbonyl (C=O) groups excluding carboxylic acids is 2. The predicted molar refractivity (Wildman–Crippen MR) is 61.3 cm³/mol. The molecule has 1 aliphatic heterocycles. The topological polar surface area (TPSA) is 46.2 Å². The molecule has 0 saturated carbocycles. The standard InChI is InChI=1S/C12H12ClNO2/c1-7-2-3-8(6-10(7)13)9-4-5-11(15)14-12(9)16/h2-3,6,9H,4-5H2,1H3,(H,14,15,16). The quantitative estimate of drug-likeness (QED) is 0.761. The molecule has 16 heavy (non-hydrogen) atoms. The highest BCUT2D eigenvalue weighted by Gasteiger charge is 2.27. The molecule has 1 unspecified atom stereocenters. The van der Waals surface area contributed by atoms with Crippen LogP contribution in [0.25, 0.3) is 0 Å². The third kappa shape index (κ3) is 2.09. The van der Waals surface area contributed by atoms with Crippen molar-refractivity contribution in [3.63, 3.8) is 0 Å². The van der Waals surface area contributed by atoms with Crippen LogP contribution in [0.3, 0.4) is 0 Å². The molecular weight excluding hydrogens is 226 g/mol. The van der Waals surface area contributed by atoms with E-state index in [9.17, 15) is 9.59 Å². The molecule has 0 radical (unpaired) electrons. The van der Waals surface area contributed by atoms with Crippen LogP contribution in [0.2, 0.25) is 5.02 Å². The minimum atomic E-state index is -0.254. The Morgan fingerprint density at radius 2 is 2.12 bits per heavy atom.